The van der Waals surface area contributed by atoms with E-state index in [1.165, 1.54) is 12.1 Å². The van der Waals surface area contributed by atoms with Crippen molar-refractivity contribution in [1.29, 1.82) is 0 Å². The van der Waals surface area contributed by atoms with Crippen LogP contribution in [0.3, 0.4) is 0 Å². The van der Waals surface area contributed by atoms with Gasteiger partial charge in [0.15, 0.2) is 0 Å². The largest absolute Gasteiger partial charge is 0.507 e. The Bertz CT molecular complexity index is 408. The maximum Gasteiger partial charge on any atom is 0.255 e. The maximum atomic E-state index is 11.8. The molecule has 0 aliphatic carbocycles. The maximum absolute atomic E-state index is 11.8. The van der Waals surface area contributed by atoms with E-state index in [-0.39, 0.29) is 17.2 Å². The molecule has 0 saturated heterocycles. The van der Waals surface area contributed by atoms with E-state index in [1.807, 2.05) is 14.1 Å². The van der Waals surface area contributed by atoms with Crippen molar-refractivity contribution < 1.29 is 9.90 Å². The van der Waals surface area contributed by atoms with Crippen LogP contribution in [-0.2, 0) is 0 Å². The molecule has 4 nitrogen and oxygen atoms in total. The molecule has 2 N–H and O–H groups in total. The van der Waals surface area contributed by atoms with Gasteiger partial charge in [-0.2, -0.15) is 0 Å². The van der Waals surface area contributed by atoms with E-state index in [4.69, 9.17) is 11.6 Å². The number of hydrogen-bond acceptors (Lipinski definition) is 3. The third kappa shape index (κ3) is 4.94. The van der Waals surface area contributed by atoms with Gasteiger partial charge in [-0.15, -0.1) is 0 Å². The third-order valence-corrected chi connectivity index (χ3v) is 2.76. The number of aromatic hydroxyl groups is 1. The lowest BCUT2D eigenvalue weighted by Gasteiger charge is -2.10. The summed E-state index contributed by atoms with van der Waals surface area (Å²) in [5, 5.41) is 12.8. The molecule has 0 heterocycles. The first-order valence-corrected chi connectivity index (χ1v) is 6.30. The van der Waals surface area contributed by atoms with Crippen molar-refractivity contribution in [3.05, 3.63) is 28.8 Å². The average Bonchev–Trinajstić information content (AvgIpc) is 2.31. The molecule has 0 atom stereocenters. The zero-order chi connectivity index (χ0) is 13.5. The molecule has 5 heteroatoms. The van der Waals surface area contributed by atoms with Crippen LogP contribution < -0.4 is 5.32 Å². The minimum atomic E-state index is -0.292. The fourth-order valence-corrected chi connectivity index (χ4v) is 1.71. The number of phenolic OH excluding ortho intramolecular Hbond substituents is 1. The average molecular weight is 271 g/mol. The number of rotatable bonds is 6. The van der Waals surface area contributed by atoms with Gasteiger partial charge in [-0.05, 0) is 51.7 Å². The van der Waals surface area contributed by atoms with E-state index < -0.39 is 0 Å². The zero-order valence-corrected chi connectivity index (χ0v) is 11.5. The molecule has 0 bridgehead atoms. The van der Waals surface area contributed by atoms with Crippen molar-refractivity contribution in [2.24, 2.45) is 0 Å². The third-order valence-electron chi connectivity index (χ3n) is 2.52. The summed E-state index contributed by atoms with van der Waals surface area (Å²) in [5.41, 5.74) is 0.218. The molecule has 18 heavy (non-hydrogen) atoms. The van der Waals surface area contributed by atoms with Crippen molar-refractivity contribution in [2.75, 3.05) is 27.2 Å². The number of amides is 1. The molecule has 1 aromatic carbocycles. The van der Waals surface area contributed by atoms with Crippen molar-refractivity contribution in [3.63, 3.8) is 0 Å². The number of unbranched alkanes of at least 4 members (excludes halogenated alkanes) is 1. The Morgan fingerprint density at radius 1 is 1.39 bits per heavy atom. The molecule has 0 spiro atoms. The Balaban J connectivity index is 2.39. The highest BCUT2D eigenvalue weighted by Crippen LogP contribution is 2.21. The van der Waals surface area contributed by atoms with Crippen molar-refractivity contribution in [1.82, 2.24) is 10.2 Å². The minimum absolute atomic E-state index is 0.0507. The summed E-state index contributed by atoms with van der Waals surface area (Å²) < 4.78 is 0. The fraction of sp³-hybridized carbons (Fsp3) is 0.462. The second-order valence-corrected chi connectivity index (χ2v) is 4.86. The monoisotopic (exact) mass is 270 g/mol. The highest BCUT2D eigenvalue weighted by atomic mass is 35.5. The number of nitrogens with zero attached hydrogens (tertiary/aromatic N) is 1. The molecular formula is C13H19ClN2O2. The van der Waals surface area contributed by atoms with Gasteiger partial charge in [-0.25, -0.2) is 0 Å². The number of nitrogens with one attached hydrogen (secondary N) is 1. The second kappa shape index (κ2) is 7.24. The molecule has 1 rings (SSSR count). The molecular weight excluding hydrogens is 252 g/mol. The lowest BCUT2D eigenvalue weighted by atomic mass is 10.2. The topological polar surface area (TPSA) is 52.6 Å². The van der Waals surface area contributed by atoms with Gasteiger partial charge in [-0.3, -0.25) is 4.79 Å². The van der Waals surface area contributed by atoms with Crippen LogP contribution in [0.5, 0.6) is 5.75 Å². The Morgan fingerprint density at radius 3 is 2.78 bits per heavy atom. The van der Waals surface area contributed by atoms with E-state index >= 15 is 0 Å². The first-order valence-electron chi connectivity index (χ1n) is 5.92. The summed E-state index contributed by atoms with van der Waals surface area (Å²) in [7, 11) is 4.03. The zero-order valence-electron chi connectivity index (χ0n) is 10.7. The van der Waals surface area contributed by atoms with Gasteiger partial charge in [0.25, 0.3) is 5.91 Å². The summed E-state index contributed by atoms with van der Waals surface area (Å²) >= 11 is 5.78. The number of carbonyl (C=O) groups is 1. The number of carbonyl (C=O) groups excluding carboxylic acids is 1. The SMILES string of the molecule is CN(C)CCCCNC(=O)c1cc(Cl)ccc1O. The molecule has 1 amide bonds. The lowest BCUT2D eigenvalue weighted by molar-refractivity contribution is 0.0950. The molecule has 1 aromatic rings. The van der Waals surface area contributed by atoms with Gasteiger partial charge in [-0.1, -0.05) is 11.6 Å². The number of benzene rings is 1. The summed E-state index contributed by atoms with van der Waals surface area (Å²) in [6, 6.07) is 4.43. The highest BCUT2D eigenvalue weighted by Gasteiger charge is 2.10. The summed E-state index contributed by atoms with van der Waals surface area (Å²) in [6.07, 6.45) is 1.93. The van der Waals surface area contributed by atoms with E-state index in [9.17, 15) is 9.90 Å². The van der Waals surface area contributed by atoms with Gasteiger partial charge in [0.05, 0.1) is 5.56 Å². The first kappa shape index (κ1) is 14.8. The second-order valence-electron chi connectivity index (χ2n) is 4.43. The van der Waals surface area contributed by atoms with Gasteiger partial charge in [0.2, 0.25) is 0 Å². The first-order chi connectivity index (χ1) is 8.50. The number of hydrogen-bond donors (Lipinski definition) is 2. The number of halogens is 1. The van der Waals surface area contributed by atoms with E-state index in [2.05, 4.69) is 10.2 Å². The van der Waals surface area contributed by atoms with Crippen LogP contribution in [0.2, 0.25) is 5.02 Å². The van der Waals surface area contributed by atoms with Crippen LogP contribution in [-0.4, -0.2) is 43.1 Å². The standard InChI is InChI=1S/C13H19ClN2O2/c1-16(2)8-4-3-7-15-13(18)11-9-10(14)5-6-12(11)17/h5-6,9,17H,3-4,7-8H2,1-2H3,(H,15,18). The fourth-order valence-electron chi connectivity index (χ4n) is 1.54. The summed E-state index contributed by atoms with van der Waals surface area (Å²) in [4.78, 5) is 13.9. The minimum Gasteiger partial charge on any atom is -0.507 e. The molecule has 100 valence electrons. The Labute approximate surface area is 113 Å². The quantitative estimate of drug-likeness (QED) is 0.779. The molecule has 0 saturated carbocycles. The summed E-state index contributed by atoms with van der Waals surface area (Å²) in [5.74, 6) is -0.343. The van der Waals surface area contributed by atoms with E-state index in [0.29, 0.717) is 11.6 Å². The summed E-state index contributed by atoms with van der Waals surface area (Å²) in [6.45, 7) is 1.59. The highest BCUT2D eigenvalue weighted by molar-refractivity contribution is 6.31. The van der Waals surface area contributed by atoms with E-state index in [0.717, 1.165) is 19.4 Å². The molecule has 0 radical (unpaired) electrons. The molecule has 0 unspecified atom stereocenters. The van der Waals surface area contributed by atoms with E-state index in [1.54, 1.807) is 6.07 Å². The predicted octanol–water partition coefficient (Wildman–Crippen LogP) is 2.12. The van der Waals surface area contributed by atoms with Gasteiger partial charge in [0.1, 0.15) is 5.75 Å². The van der Waals surface area contributed by atoms with Crippen LogP contribution in [0, 0.1) is 0 Å². The van der Waals surface area contributed by atoms with Crippen molar-refractivity contribution >= 4 is 17.5 Å². The predicted molar refractivity (Wildman–Crippen MR) is 73.2 cm³/mol. The van der Waals surface area contributed by atoms with Crippen LogP contribution in [0.1, 0.15) is 23.2 Å². The van der Waals surface area contributed by atoms with Gasteiger partial charge in [0, 0.05) is 11.6 Å². The molecule has 0 fully saturated rings. The molecule has 0 aromatic heterocycles. The lowest BCUT2D eigenvalue weighted by Crippen LogP contribution is -2.25. The van der Waals surface area contributed by atoms with Crippen molar-refractivity contribution in [3.8, 4) is 5.75 Å². The van der Waals surface area contributed by atoms with Crippen LogP contribution >= 0.6 is 11.6 Å². The Morgan fingerprint density at radius 2 is 2.11 bits per heavy atom. The van der Waals surface area contributed by atoms with Gasteiger partial charge < -0.3 is 15.3 Å². The van der Waals surface area contributed by atoms with Crippen LogP contribution in [0.4, 0.5) is 0 Å². The van der Waals surface area contributed by atoms with Gasteiger partial charge >= 0.3 is 0 Å². The molecule has 0 aliphatic rings. The van der Waals surface area contributed by atoms with Crippen LogP contribution in [0.15, 0.2) is 18.2 Å². The Hall–Kier alpha value is -1.26. The van der Waals surface area contributed by atoms with Crippen molar-refractivity contribution in [2.45, 2.75) is 12.8 Å². The van der Waals surface area contributed by atoms with Crippen LogP contribution in [0.25, 0.3) is 0 Å². The normalized spacial score (nSPS) is 10.7. The number of phenols is 1. The smallest absolute Gasteiger partial charge is 0.255 e. The Kier molecular flexibility index (Phi) is 5.95. The molecule has 0 aliphatic heterocycles.